The number of ether oxygens (including phenoxy) is 2. The van der Waals surface area contributed by atoms with Crippen LogP contribution in [0.4, 0.5) is 4.39 Å². The Bertz CT molecular complexity index is 1610. The second-order valence-corrected chi connectivity index (χ2v) is 11.0. The number of carbonyl (C=O) groups excluding carboxylic acids is 2. The van der Waals surface area contributed by atoms with Crippen molar-refractivity contribution in [3.8, 4) is 0 Å². The third-order valence-electron chi connectivity index (χ3n) is 8.35. The molecule has 41 heavy (non-hydrogen) atoms. The molecule has 2 aliphatic rings. The smallest absolute Gasteiger partial charge is 0.343 e. The summed E-state index contributed by atoms with van der Waals surface area (Å²) in [5.41, 5.74) is 0.541. The highest BCUT2D eigenvalue weighted by atomic mass is 19.1. The molecule has 0 amide bonds. The fraction of sp³-hybridized carbons (Fsp3) is 0.324. The van der Waals surface area contributed by atoms with Gasteiger partial charge >= 0.3 is 11.9 Å². The fourth-order valence-corrected chi connectivity index (χ4v) is 6.11. The Hall–Kier alpha value is -4.26. The van der Waals surface area contributed by atoms with E-state index in [1.165, 1.54) is 12.3 Å². The van der Waals surface area contributed by atoms with E-state index in [1.807, 2.05) is 65.2 Å². The molecule has 0 atom stereocenters. The highest BCUT2D eigenvalue weighted by molar-refractivity contribution is 5.95. The summed E-state index contributed by atoms with van der Waals surface area (Å²) < 4.78 is 29.4. The van der Waals surface area contributed by atoms with Crippen LogP contribution in [0.15, 0.2) is 83.8 Å². The molecule has 6 rings (SSSR count). The van der Waals surface area contributed by atoms with Crippen LogP contribution in [0.5, 0.6) is 0 Å². The standard InChI is InChI=1S/C34H32FNO5/c1-2-40-32(38)26-21-36(24-15-16-24)29-20-27(28(35)19-25(29)30(26)37)34(17-9-10-18-34)33(39)41-31(22-11-5-3-6-12-22)23-13-7-4-8-14-23/h3-8,11-14,19-21,24,31H,2,9-10,15-18H2,1H3. The molecule has 0 bridgehead atoms. The van der Waals surface area contributed by atoms with Crippen molar-refractivity contribution >= 4 is 22.8 Å². The van der Waals surface area contributed by atoms with Crippen molar-refractivity contribution in [2.24, 2.45) is 0 Å². The monoisotopic (exact) mass is 553 g/mol. The average molecular weight is 554 g/mol. The highest BCUT2D eigenvalue weighted by Crippen LogP contribution is 2.46. The van der Waals surface area contributed by atoms with Gasteiger partial charge in [-0.2, -0.15) is 0 Å². The summed E-state index contributed by atoms with van der Waals surface area (Å²) in [5, 5.41) is 0.108. The van der Waals surface area contributed by atoms with Crippen LogP contribution < -0.4 is 5.43 Å². The van der Waals surface area contributed by atoms with Crippen LogP contribution in [-0.2, 0) is 19.7 Å². The van der Waals surface area contributed by atoms with Crippen LogP contribution in [-0.4, -0.2) is 23.1 Å². The normalized spacial score (nSPS) is 16.2. The van der Waals surface area contributed by atoms with Crippen molar-refractivity contribution in [1.82, 2.24) is 4.57 Å². The van der Waals surface area contributed by atoms with Crippen LogP contribution in [0.2, 0.25) is 0 Å². The van der Waals surface area contributed by atoms with Crippen molar-refractivity contribution in [3.63, 3.8) is 0 Å². The summed E-state index contributed by atoms with van der Waals surface area (Å²) in [7, 11) is 0. The molecule has 0 unspecified atom stereocenters. The number of carbonyl (C=O) groups is 2. The average Bonchev–Trinajstić information content (AvgIpc) is 3.72. The molecule has 2 saturated carbocycles. The van der Waals surface area contributed by atoms with Gasteiger partial charge in [-0.25, -0.2) is 9.18 Å². The molecule has 1 aromatic heterocycles. The van der Waals surface area contributed by atoms with Gasteiger partial charge in [-0.1, -0.05) is 73.5 Å². The van der Waals surface area contributed by atoms with E-state index in [0.717, 1.165) is 36.8 Å². The number of pyridine rings is 1. The molecule has 4 aromatic rings. The Morgan fingerprint density at radius 3 is 2.15 bits per heavy atom. The number of hydrogen-bond donors (Lipinski definition) is 0. The van der Waals surface area contributed by atoms with Gasteiger partial charge in [-0.15, -0.1) is 0 Å². The first kappa shape index (κ1) is 26.9. The highest BCUT2D eigenvalue weighted by Gasteiger charge is 2.47. The molecule has 0 radical (unpaired) electrons. The molecule has 7 heteroatoms. The van der Waals surface area contributed by atoms with Gasteiger partial charge in [0, 0.05) is 23.2 Å². The second kappa shape index (κ2) is 11.0. The van der Waals surface area contributed by atoms with E-state index in [-0.39, 0.29) is 29.2 Å². The SMILES string of the molecule is CCOC(=O)c1cn(C2CC2)c2cc(C3(C(=O)OC(c4ccccc4)c4ccccc4)CCCC3)c(F)cc2c1=O. The van der Waals surface area contributed by atoms with Crippen molar-refractivity contribution in [2.45, 2.75) is 63.0 Å². The molecule has 210 valence electrons. The van der Waals surface area contributed by atoms with Gasteiger partial charge in [-0.3, -0.25) is 9.59 Å². The first-order chi connectivity index (χ1) is 19.9. The third kappa shape index (κ3) is 4.94. The summed E-state index contributed by atoms with van der Waals surface area (Å²) in [6.45, 7) is 1.80. The number of hydrogen-bond acceptors (Lipinski definition) is 5. The van der Waals surface area contributed by atoms with Gasteiger partial charge in [-0.05, 0) is 55.9 Å². The molecule has 0 saturated heterocycles. The summed E-state index contributed by atoms with van der Waals surface area (Å²) >= 11 is 0. The number of halogens is 1. The molecular weight excluding hydrogens is 521 g/mol. The zero-order chi connectivity index (χ0) is 28.6. The Kier molecular flexibility index (Phi) is 7.20. The summed E-state index contributed by atoms with van der Waals surface area (Å²) in [4.78, 5) is 40.1. The Morgan fingerprint density at radius 2 is 1.59 bits per heavy atom. The summed E-state index contributed by atoms with van der Waals surface area (Å²) in [6.07, 6.45) is 5.05. The molecule has 1 heterocycles. The maximum atomic E-state index is 16.1. The minimum absolute atomic E-state index is 0.0941. The van der Waals surface area contributed by atoms with E-state index >= 15 is 4.39 Å². The van der Waals surface area contributed by atoms with E-state index in [4.69, 9.17) is 9.47 Å². The molecule has 0 N–H and O–H groups in total. The third-order valence-corrected chi connectivity index (χ3v) is 8.35. The van der Waals surface area contributed by atoms with E-state index in [1.54, 1.807) is 13.0 Å². The largest absolute Gasteiger partial charge is 0.462 e. The van der Waals surface area contributed by atoms with Gasteiger partial charge in [0.15, 0.2) is 6.10 Å². The molecule has 0 spiro atoms. The van der Waals surface area contributed by atoms with Gasteiger partial charge in [0.25, 0.3) is 0 Å². The zero-order valence-corrected chi connectivity index (χ0v) is 23.0. The zero-order valence-electron chi connectivity index (χ0n) is 23.0. The number of esters is 2. The molecule has 6 nitrogen and oxygen atoms in total. The molecule has 2 fully saturated rings. The lowest BCUT2D eigenvalue weighted by Crippen LogP contribution is -2.37. The van der Waals surface area contributed by atoms with Gasteiger partial charge in [0.2, 0.25) is 5.43 Å². The van der Waals surface area contributed by atoms with Gasteiger partial charge in [0.05, 0.1) is 17.5 Å². The van der Waals surface area contributed by atoms with Crippen LogP contribution in [0.3, 0.4) is 0 Å². The number of rotatable bonds is 8. The predicted molar refractivity (Wildman–Crippen MR) is 153 cm³/mol. The Labute approximate surface area is 237 Å². The minimum Gasteiger partial charge on any atom is -0.462 e. The Morgan fingerprint density at radius 1 is 0.976 bits per heavy atom. The quantitative estimate of drug-likeness (QED) is 0.225. The Balaban J connectivity index is 1.46. The van der Waals surface area contributed by atoms with Crippen LogP contribution >= 0.6 is 0 Å². The molecule has 0 aliphatic heterocycles. The van der Waals surface area contributed by atoms with E-state index < -0.39 is 34.7 Å². The predicted octanol–water partition coefficient (Wildman–Crippen LogP) is 6.80. The van der Waals surface area contributed by atoms with Crippen LogP contribution in [0.1, 0.15) is 84.6 Å². The maximum Gasteiger partial charge on any atom is 0.343 e. The molecule has 3 aromatic carbocycles. The summed E-state index contributed by atoms with van der Waals surface area (Å²) in [5.74, 6) is -1.84. The minimum atomic E-state index is -1.19. The lowest BCUT2D eigenvalue weighted by atomic mass is 9.78. The van der Waals surface area contributed by atoms with Crippen molar-refractivity contribution in [1.29, 1.82) is 0 Å². The number of nitrogens with zero attached hydrogens (tertiary/aromatic N) is 1. The lowest BCUT2D eigenvalue weighted by Gasteiger charge is -2.31. The number of benzene rings is 3. The van der Waals surface area contributed by atoms with Gasteiger partial charge in [0.1, 0.15) is 11.4 Å². The van der Waals surface area contributed by atoms with E-state index in [2.05, 4.69) is 0 Å². The van der Waals surface area contributed by atoms with Crippen LogP contribution in [0, 0.1) is 5.82 Å². The van der Waals surface area contributed by atoms with Crippen molar-refractivity contribution in [2.75, 3.05) is 6.61 Å². The summed E-state index contributed by atoms with van der Waals surface area (Å²) in [6, 6.07) is 22.0. The lowest BCUT2D eigenvalue weighted by molar-refractivity contribution is -0.154. The van der Waals surface area contributed by atoms with Crippen molar-refractivity contribution in [3.05, 3.63) is 117 Å². The van der Waals surface area contributed by atoms with Crippen LogP contribution in [0.25, 0.3) is 10.9 Å². The first-order valence-corrected chi connectivity index (χ1v) is 14.3. The second-order valence-electron chi connectivity index (χ2n) is 11.0. The van der Waals surface area contributed by atoms with Gasteiger partial charge < -0.3 is 14.0 Å². The van der Waals surface area contributed by atoms with Crippen molar-refractivity contribution < 1.29 is 23.5 Å². The number of fused-ring (bicyclic) bond motifs is 1. The first-order valence-electron chi connectivity index (χ1n) is 14.3. The fourth-order valence-electron chi connectivity index (χ4n) is 6.11. The molecule has 2 aliphatic carbocycles. The topological polar surface area (TPSA) is 74.6 Å². The molecular formula is C34H32FNO5. The maximum absolute atomic E-state index is 16.1. The number of aromatic nitrogens is 1. The van der Waals surface area contributed by atoms with E-state index in [0.29, 0.717) is 18.4 Å². The van der Waals surface area contributed by atoms with E-state index in [9.17, 15) is 14.4 Å².